The SMILES string of the molecule is CCCC(NC)c1ccc(-c2cc(OC)ccc2Br)s1. The van der Waals surface area contributed by atoms with Crippen molar-refractivity contribution in [3.63, 3.8) is 0 Å². The number of methoxy groups -OCH3 is 1. The highest BCUT2D eigenvalue weighted by Crippen LogP contribution is 2.38. The van der Waals surface area contributed by atoms with Crippen molar-refractivity contribution in [3.8, 4) is 16.2 Å². The van der Waals surface area contributed by atoms with Crippen molar-refractivity contribution in [1.82, 2.24) is 5.32 Å². The van der Waals surface area contributed by atoms with Gasteiger partial charge in [0.05, 0.1) is 7.11 Å². The molecule has 0 amide bonds. The van der Waals surface area contributed by atoms with Gasteiger partial charge in [-0.25, -0.2) is 0 Å². The van der Waals surface area contributed by atoms with Gasteiger partial charge in [0.2, 0.25) is 0 Å². The molecule has 0 bridgehead atoms. The Morgan fingerprint density at radius 1 is 1.30 bits per heavy atom. The third-order valence-electron chi connectivity index (χ3n) is 3.34. The zero-order valence-electron chi connectivity index (χ0n) is 12.1. The van der Waals surface area contributed by atoms with Crippen LogP contribution in [-0.4, -0.2) is 14.2 Å². The minimum absolute atomic E-state index is 0.447. The Hall–Kier alpha value is -0.840. The molecule has 0 fully saturated rings. The quantitative estimate of drug-likeness (QED) is 0.765. The van der Waals surface area contributed by atoms with Crippen LogP contribution in [0.2, 0.25) is 0 Å². The normalized spacial score (nSPS) is 12.4. The molecule has 4 heteroatoms. The number of rotatable bonds is 6. The second-order valence-electron chi connectivity index (χ2n) is 4.68. The van der Waals surface area contributed by atoms with Crippen molar-refractivity contribution < 1.29 is 4.74 Å². The topological polar surface area (TPSA) is 21.3 Å². The lowest BCUT2D eigenvalue weighted by Gasteiger charge is -2.12. The van der Waals surface area contributed by atoms with Crippen LogP contribution in [0.4, 0.5) is 0 Å². The first-order valence-corrected chi connectivity index (χ1v) is 8.41. The lowest BCUT2D eigenvalue weighted by Crippen LogP contribution is -2.14. The summed E-state index contributed by atoms with van der Waals surface area (Å²) in [7, 11) is 3.73. The highest BCUT2D eigenvalue weighted by atomic mass is 79.9. The van der Waals surface area contributed by atoms with Gasteiger partial charge in [0.15, 0.2) is 0 Å². The van der Waals surface area contributed by atoms with Gasteiger partial charge in [-0.1, -0.05) is 29.3 Å². The molecule has 1 aromatic carbocycles. The minimum atomic E-state index is 0.447. The van der Waals surface area contributed by atoms with Gasteiger partial charge in [0.25, 0.3) is 0 Å². The molecule has 1 N–H and O–H groups in total. The molecular weight excluding hydrogens is 334 g/mol. The summed E-state index contributed by atoms with van der Waals surface area (Å²) in [5.41, 5.74) is 1.19. The Bertz CT molecular complexity index is 567. The van der Waals surface area contributed by atoms with Crippen LogP contribution in [0.3, 0.4) is 0 Å². The van der Waals surface area contributed by atoms with E-state index in [4.69, 9.17) is 4.74 Å². The van der Waals surface area contributed by atoms with Crippen molar-refractivity contribution in [1.29, 1.82) is 0 Å². The van der Waals surface area contributed by atoms with Crippen LogP contribution in [-0.2, 0) is 0 Å². The standard InChI is InChI=1S/C16H20BrNOS/c1-4-5-14(18-2)16-9-8-15(20-16)12-10-11(19-3)6-7-13(12)17/h6-10,14,18H,4-5H2,1-3H3. The maximum Gasteiger partial charge on any atom is 0.119 e. The molecule has 20 heavy (non-hydrogen) atoms. The molecule has 1 heterocycles. The van der Waals surface area contributed by atoms with E-state index >= 15 is 0 Å². The molecule has 0 aliphatic heterocycles. The van der Waals surface area contributed by atoms with E-state index in [0.717, 1.165) is 16.6 Å². The zero-order chi connectivity index (χ0) is 14.5. The van der Waals surface area contributed by atoms with Gasteiger partial charge in [-0.2, -0.15) is 0 Å². The molecule has 0 radical (unpaired) electrons. The molecular formula is C16H20BrNOS. The molecule has 0 spiro atoms. The lowest BCUT2D eigenvalue weighted by molar-refractivity contribution is 0.415. The summed E-state index contributed by atoms with van der Waals surface area (Å²) in [6, 6.07) is 10.9. The predicted octanol–water partition coefficient (Wildman–Crippen LogP) is 5.25. The molecule has 0 saturated carbocycles. The van der Waals surface area contributed by atoms with E-state index in [2.05, 4.69) is 46.4 Å². The number of hydrogen-bond acceptors (Lipinski definition) is 3. The first-order valence-electron chi connectivity index (χ1n) is 6.80. The molecule has 2 aromatic rings. The highest BCUT2D eigenvalue weighted by molar-refractivity contribution is 9.10. The van der Waals surface area contributed by atoms with E-state index < -0.39 is 0 Å². The van der Waals surface area contributed by atoms with Crippen molar-refractivity contribution >= 4 is 27.3 Å². The van der Waals surface area contributed by atoms with Crippen LogP contribution < -0.4 is 10.1 Å². The fraction of sp³-hybridized carbons (Fsp3) is 0.375. The smallest absolute Gasteiger partial charge is 0.119 e. The molecule has 2 nitrogen and oxygen atoms in total. The largest absolute Gasteiger partial charge is 0.497 e. The molecule has 0 aliphatic carbocycles. The van der Waals surface area contributed by atoms with Gasteiger partial charge in [-0.3, -0.25) is 0 Å². The third-order valence-corrected chi connectivity index (χ3v) is 5.26. The van der Waals surface area contributed by atoms with E-state index in [1.807, 2.05) is 30.5 Å². The van der Waals surface area contributed by atoms with Gasteiger partial charge >= 0.3 is 0 Å². The molecule has 1 aromatic heterocycles. The van der Waals surface area contributed by atoms with Gasteiger partial charge in [-0.05, 0) is 43.8 Å². The van der Waals surface area contributed by atoms with Crippen LogP contribution >= 0.6 is 27.3 Å². The molecule has 0 aliphatic rings. The van der Waals surface area contributed by atoms with Crippen LogP contribution in [0.5, 0.6) is 5.75 Å². The molecule has 2 rings (SSSR count). The van der Waals surface area contributed by atoms with E-state index in [1.165, 1.54) is 21.7 Å². The van der Waals surface area contributed by atoms with Crippen molar-refractivity contribution in [2.75, 3.05) is 14.2 Å². The van der Waals surface area contributed by atoms with E-state index in [1.54, 1.807) is 7.11 Å². The summed E-state index contributed by atoms with van der Waals surface area (Å²) in [5, 5.41) is 3.40. The Morgan fingerprint density at radius 3 is 2.75 bits per heavy atom. The Kier molecular flexibility index (Phi) is 5.64. The van der Waals surface area contributed by atoms with E-state index in [-0.39, 0.29) is 0 Å². The molecule has 1 atom stereocenters. The molecule has 0 saturated heterocycles. The molecule has 108 valence electrons. The third kappa shape index (κ3) is 3.43. The summed E-state index contributed by atoms with van der Waals surface area (Å²) >= 11 is 5.47. The van der Waals surface area contributed by atoms with Gasteiger partial charge in [-0.15, -0.1) is 11.3 Å². The number of nitrogens with one attached hydrogen (secondary N) is 1. The first kappa shape index (κ1) is 15.5. The number of benzene rings is 1. The summed E-state index contributed by atoms with van der Waals surface area (Å²) in [5.74, 6) is 0.886. The number of halogens is 1. The predicted molar refractivity (Wildman–Crippen MR) is 90.7 cm³/mol. The van der Waals surface area contributed by atoms with E-state index in [0.29, 0.717) is 6.04 Å². The molecule has 1 unspecified atom stereocenters. The average Bonchev–Trinajstić information content (AvgIpc) is 2.94. The van der Waals surface area contributed by atoms with Crippen molar-refractivity contribution in [3.05, 3.63) is 39.7 Å². The summed E-state index contributed by atoms with van der Waals surface area (Å²) in [6.45, 7) is 2.22. The Labute approximate surface area is 133 Å². The monoisotopic (exact) mass is 353 g/mol. The zero-order valence-corrected chi connectivity index (χ0v) is 14.5. The Morgan fingerprint density at radius 2 is 2.10 bits per heavy atom. The number of thiophene rings is 1. The summed E-state index contributed by atoms with van der Waals surface area (Å²) < 4.78 is 6.42. The van der Waals surface area contributed by atoms with Crippen LogP contribution in [0.1, 0.15) is 30.7 Å². The van der Waals surface area contributed by atoms with Crippen molar-refractivity contribution in [2.45, 2.75) is 25.8 Å². The number of hydrogen-bond donors (Lipinski definition) is 1. The van der Waals surface area contributed by atoms with Crippen LogP contribution in [0, 0.1) is 0 Å². The highest BCUT2D eigenvalue weighted by Gasteiger charge is 2.13. The van der Waals surface area contributed by atoms with Gasteiger partial charge < -0.3 is 10.1 Å². The van der Waals surface area contributed by atoms with Gasteiger partial charge in [0, 0.05) is 25.8 Å². The summed E-state index contributed by atoms with van der Waals surface area (Å²) in [4.78, 5) is 2.65. The second-order valence-corrected chi connectivity index (χ2v) is 6.65. The maximum atomic E-state index is 5.32. The summed E-state index contributed by atoms with van der Waals surface area (Å²) in [6.07, 6.45) is 2.34. The second kappa shape index (κ2) is 7.25. The van der Waals surface area contributed by atoms with Crippen molar-refractivity contribution in [2.24, 2.45) is 0 Å². The Balaban J connectivity index is 2.32. The first-order chi connectivity index (χ1) is 9.69. The minimum Gasteiger partial charge on any atom is -0.497 e. The lowest BCUT2D eigenvalue weighted by atomic mass is 10.1. The van der Waals surface area contributed by atoms with Crippen LogP contribution in [0.15, 0.2) is 34.8 Å². The van der Waals surface area contributed by atoms with E-state index in [9.17, 15) is 0 Å². The fourth-order valence-electron chi connectivity index (χ4n) is 2.22. The fourth-order valence-corrected chi connectivity index (χ4v) is 4.00. The number of ether oxygens (including phenoxy) is 1. The average molecular weight is 354 g/mol. The van der Waals surface area contributed by atoms with Gasteiger partial charge in [0.1, 0.15) is 5.75 Å². The van der Waals surface area contributed by atoms with Crippen LogP contribution in [0.25, 0.3) is 10.4 Å². The maximum absolute atomic E-state index is 5.32.